The van der Waals surface area contributed by atoms with Crippen LogP contribution in [0.3, 0.4) is 0 Å². The minimum absolute atomic E-state index is 0.280. The first-order valence-electron chi connectivity index (χ1n) is 10.0. The van der Waals surface area contributed by atoms with Gasteiger partial charge in [0.15, 0.2) is 5.75 Å². The third-order valence-electron chi connectivity index (χ3n) is 4.79. The molecule has 3 aromatic carbocycles. The molecule has 0 bridgehead atoms. The summed E-state index contributed by atoms with van der Waals surface area (Å²) in [6.07, 6.45) is -4.38. The molecule has 1 aromatic heterocycles. The van der Waals surface area contributed by atoms with Gasteiger partial charge in [-0.15, -0.1) is 0 Å². The number of benzene rings is 3. The van der Waals surface area contributed by atoms with Crippen molar-refractivity contribution in [1.29, 1.82) is 0 Å². The molecule has 0 atom stereocenters. The van der Waals surface area contributed by atoms with Crippen molar-refractivity contribution in [2.45, 2.75) is 19.4 Å². The molecule has 0 aliphatic rings. The standard InChI is InChI=1S/C26H20F3NO2/c27-26(28,29)22-13-11-21(12-14-22)23-15-16-24(31-17-19-7-3-1-4-8-19)25(30-23)32-18-20-9-5-2-6-10-20/h1-16H,17-18H2. The first-order chi connectivity index (χ1) is 15.5. The Morgan fingerprint density at radius 2 is 1.19 bits per heavy atom. The number of rotatable bonds is 7. The Labute approximate surface area is 184 Å². The van der Waals surface area contributed by atoms with Crippen LogP contribution in [0.2, 0.25) is 0 Å². The van der Waals surface area contributed by atoms with E-state index in [1.54, 1.807) is 12.1 Å². The summed E-state index contributed by atoms with van der Waals surface area (Å²) >= 11 is 0. The molecule has 6 heteroatoms. The lowest BCUT2D eigenvalue weighted by atomic mass is 10.1. The molecule has 1 heterocycles. The van der Waals surface area contributed by atoms with E-state index in [4.69, 9.17) is 9.47 Å². The molecule has 32 heavy (non-hydrogen) atoms. The molecule has 4 rings (SSSR count). The van der Waals surface area contributed by atoms with Crippen LogP contribution in [0, 0.1) is 0 Å². The molecule has 0 aliphatic heterocycles. The van der Waals surface area contributed by atoms with Crippen molar-refractivity contribution in [1.82, 2.24) is 4.98 Å². The zero-order chi connectivity index (χ0) is 22.4. The third kappa shape index (κ3) is 5.46. The summed E-state index contributed by atoms with van der Waals surface area (Å²) in [6.45, 7) is 0.621. The van der Waals surface area contributed by atoms with E-state index in [9.17, 15) is 13.2 Å². The van der Waals surface area contributed by atoms with Crippen molar-refractivity contribution in [3.05, 3.63) is 114 Å². The zero-order valence-electron chi connectivity index (χ0n) is 17.0. The van der Waals surface area contributed by atoms with Gasteiger partial charge in [-0.05, 0) is 35.4 Å². The Morgan fingerprint density at radius 1 is 0.625 bits per heavy atom. The van der Waals surface area contributed by atoms with E-state index in [0.717, 1.165) is 23.3 Å². The number of nitrogens with zero attached hydrogens (tertiary/aromatic N) is 1. The highest BCUT2D eigenvalue weighted by molar-refractivity contribution is 5.61. The van der Waals surface area contributed by atoms with Crippen LogP contribution in [0.25, 0.3) is 11.3 Å². The van der Waals surface area contributed by atoms with Crippen molar-refractivity contribution in [2.24, 2.45) is 0 Å². The Bertz CT molecular complexity index is 1150. The van der Waals surface area contributed by atoms with Gasteiger partial charge in [0.25, 0.3) is 5.88 Å². The van der Waals surface area contributed by atoms with Gasteiger partial charge in [0.2, 0.25) is 0 Å². The summed E-state index contributed by atoms with van der Waals surface area (Å²) in [5, 5.41) is 0. The molecule has 3 nitrogen and oxygen atoms in total. The quantitative estimate of drug-likeness (QED) is 0.316. The van der Waals surface area contributed by atoms with Crippen molar-refractivity contribution in [2.75, 3.05) is 0 Å². The van der Waals surface area contributed by atoms with Gasteiger partial charge in [0.05, 0.1) is 11.3 Å². The van der Waals surface area contributed by atoms with Gasteiger partial charge in [0.1, 0.15) is 13.2 Å². The predicted molar refractivity (Wildman–Crippen MR) is 116 cm³/mol. The van der Waals surface area contributed by atoms with E-state index in [2.05, 4.69) is 4.98 Å². The summed E-state index contributed by atoms with van der Waals surface area (Å²) in [7, 11) is 0. The second kappa shape index (κ2) is 9.56. The summed E-state index contributed by atoms with van der Waals surface area (Å²) in [5.74, 6) is 0.739. The fourth-order valence-electron chi connectivity index (χ4n) is 3.09. The maximum Gasteiger partial charge on any atom is 0.416 e. The number of aromatic nitrogens is 1. The van der Waals surface area contributed by atoms with Crippen molar-refractivity contribution < 1.29 is 22.6 Å². The molecular weight excluding hydrogens is 415 g/mol. The minimum Gasteiger partial charge on any atom is -0.483 e. The number of hydrogen-bond acceptors (Lipinski definition) is 3. The molecule has 0 amide bonds. The molecule has 0 N–H and O–H groups in total. The van der Waals surface area contributed by atoms with Crippen LogP contribution in [0.5, 0.6) is 11.6 Å². The summed E-state index contributed by atoms with van der Waals surface area (Å²) < 4.78 is 50.5. The monoisotopic (exact) mass is 435 g/mol. The highest BCUT2D eigenvalue weighted by atomic mass is 19.4. The SMILES string of the molecule is FC(F)(F)c1ccc(-c2ccc(OCc3ccccc3)c(OCc3ccccc3)n2)cc1. The largest absolute Gasteiger partial charge is 0.483 e. The van der Waals surface area contributed by atoms with E-state index in [-0.39, 0.29) is 12.5 Å². The third-order valence-corrected chi connectivity index (χ3v) is 4.79. The summed E-state index contributed by atoms with van der Waals surface area (Å²) in [6, 6.07) is 27.6. The van der Waals surface area contributed by atoms with E-state index in [1.165, 1.54) is 12.1 Å². The fraction of sp³-hybridized carbons (Fsp3) is 0.115. The van der Waals surface area contributed by atoms with Gasteiger partial charge in [-0.25, -0.2) is 4.98 Å². The number of ether oxygens (including phenoxy) is 2. The van der Waals surface area contributed by atoms with Crippen molar-refractivity contribution >= 4 is 0 Å². The van der Waals surface area contributed by atoms with Crippen LogP contribution in [-0.4, -0.2) is 4.98 Å². The maximum atomic E-state index is 12.9. The lowest BCUT2D eigenvalue weighted by molar-refractivity contribution is -0.137. The van der Waals surface area contributed by atoms with Gasteiger partial charge in [0, 0.05) is 5.56 Å². The van der Waals surface area contributed by atoms with E-state index in [0.29, 0.717) is 23.6 Å². The van der Waals surface area contributed by atoms with Crippen LogP contribution in [-0.2, 0) is 19.4 Å². The minimum atomic E-state index is -4.38. The highest BCUT2D eigenvalue weighted by Gasteiger charge is 2.30. The Hall–Kier alpha value is -3.80. The summed E-state index contributed by atoms with van der Waals surface area (Å²) in [5.41, 5.74) is 2.30. The second-order valence-corrected chi connectivity index (χ2v) is 7.12. The molecular formula is C26H20F3NO2. The van der Waals surface area contributed by atoms with Crippen LogP contribution in [0.15, 0.2) is 97.1 Å². The lowest BCUT2D eigenvalue weighted by Crippen LogP contribution is -2.04. The zero-order valence-corrected chi connectivity index (χ0v) is 17.0. The number of halogens is 3. The number of pyridine rings is 1. The van der Waals surface area contributed by atoms with Crippen LogP contribution < -0.4 is 9.47 Å². The molecule has 4 aromatic rings. The van der Waals surface area contributed by atoms with Gasteiger partial charge in [-0.1, -0.05) is 72.8 Å². The van der Waals surface area contributed by atoms with Gasteiger partial charge in [-0.3, -0.25) is 0 Å². The van der Waals surface area contributed by atoms with Crippen molar-refractivity contribution in [3.8, 4) is 22.9 Å². The molecule has 0 saturated heterocycles. The highest BCUT2D eigenvalue weighted by Crippen LogP contribution is 2.33. The van der Waals surface area contributed by atoms with E-state index < -0.39 is 11.7 Å². The average molecular weight is 435 g/mol. The van der Waals surface area contributed by atoms with Crippen molar-refractivity contribution in [3.63, 3.8) is 0 Å². The smallest absolute Gasteiger partial charge is 0.416 e. The van der Waals surface area contributed by atoms with Crippen LogP contribution in [0.4, 0.5) is 13.2 Å². The normalized spacial score (nSPS) is 11.2. The van der Waals surface area contributed by atoms with Crippen LogP contribution in [0.1, 0.15) is 16.7 Å². The van der Waals surface area contributed by atoms with E-state index in [1.807, 2.05) is 60.7 Å². The fourth-order valence-corrected chi connectivity index (χ4v) is 3.09. The number of alkyl halides is 3. The molecule has 0 saturated carbocycles. The molecule has 162 valence electrons. The Kier molecular flexibility index (Phi) is 6.40. The summed E-state index contributed by atoms with van der Waals surface area (Å²) in [4.78, 5) is 4.53. The molecule has 0 unspecified atom stereocenters. The first-order valence-corrected chi connectivity index (χ1v) is 10.0. The lowest BCUT2D eigenvalue weighted by Gasteiger charge is -2.14. The maximum absolute atomic E-state index is 12.9. The van der Waals surface area contributed by atoms with Gasteiger partial charge >= 0.3 is 6.18 Å². The Morgan fingerprint density at radius 3 is 1.75 bits per heavy atom. The van der Waals surface area contributed by atoms with Gasteiger partial charge in [-0.2, -0.15) is 13.2 Å². The van der Waals surface area contributed by atoms with Crippen LogP contribution >= 0.6 is 0 Å². The average Bonchev–Trinajstić information content (AvgIpc) is 2.82. The second-order valence-electron chi connectivity index (χ2n) is 7.12. The predicted octanol–water partition coefficient (Wildman–Crippen LogP) is 6.93. The molecule has 0 fully saturated rings. The van der Waals surface area contributed by atoms with Gasteiger partial charge < -0.3 is 9.47 Å². The first kappa shape index (κ1) is 21.4. The Balaban J connectivity index is 1.59. The topological polar surface area (TPSA) is 31.4 Å². The molecule has 0 radical (unpaired) electrons. The molecule has 0 aliphatic carbocycles. The molecule has 0 spiro atoms. The number of hydrogen-bond donors (Lipinski definition) is 0. The van der Waals surface area contributed by atoms with E-state index >= 15 is 0 Å².